The Morgan fingerprint density at radius 3 is 2.32 bits per heavy atom. The molecule has 7 nitrogen and oxygen atoms in total. The molecule has 0 aliphatic carbocycles. The molecule has 0 spiro atoms. The van der Waals surface area contributed by atoms with Crippen LogP contribution in [0.5, 0.6) is 0 Å². The number of ether oxygens (including phenoxy) is 1. The van der Waals surface area contributed by atoms with Crippen molar-refractivity contribution in [3.05, 3.63) is 53.0 Å². The third kappa shape index (κ3) is 5.78. The number of hydrogen-bond acceptors (Lipinski definition) is 5. The highest BCUT2D eigenvalue weighted by atomic mass is 79.9. The van der Waals surface area contributed by atoms with Crippen molar-refractivity contribution in [3.8, 4) is 0 Å². The molecule has 0 unspecified atom stereocenters. The zero-order chi connectivity index (χ0) is 20.0. The van der Waals surface area contributed by atoms with Gasteiger partial charge in [-0.1, -0.05) is 15.9 Å². The van der Waals surface area contributed by atoms with Gasteiger partial charge in [0.15, 0.2) is 0 Å². The summed E-state index contributed by atoms with van der Waals surface area (Å²) in [5, 5.41) is 2.78. The van der Waals surface area contributed by atoms with Gasteiger partial charge in [0.1, 0.15) is 0 Å². The Morgan fingerprint density at radius 2 is 1.68 bits per heavy atom. The molecule has 2 aromatic carbocycles. The Morgan fingerprint density at radius 1 is 1.04 bits per heavy atom. The van der Waals surface area contributed by atoms with Gasteiger partial charge in [0.25, 0.3) is 0 Å². The maximum Gasteiger partial charge on any atom is 0.240 e. The minimum atomic E-state index is -3.63. The van der Waals surface area contributed by atoms with Crippen LogP contribution >= 0.6 is 15.9 Å². The summed E-state index contributed by atoms with van der Waals surface area (Å²) in [5.74, 6) is -0.252. The summed E-state index contributed by atoms with van der Waals surface area (Å²) in [7, 11) is -3.63. The van der Waals surface area contributed by atoms with Crippen LogP contribution in [-0.2, 0) is 19.6 Å². The second-order valence-corrected chi connectivity index (χ2v) is 8.98. The quantitative estimate of drug-likeness (QED) is 0.653. The first-order valence-electron chi connectivity index (χ1n) is 8.92. The lowest BCUT2D eigenvalue weighted by Crippen LogP contribution is -2.36. The highest BCUT2D eigenvalue weighted by molar-refractivity contribution is 9.10. The van der Waals surface area contributed by atoms with Crippen molar-refractivity contribution < 1.29 is 17.9 Å². The number of anilines is 2. The number of morpholine rings is 1. The highest BCUT2D eigenvalue weighted by Gasteiger charge is 2.14. The summed E-state index contributed by atoms with van der Waals surface area (Å²) in [4.78, 5) is 14.5. The van der Waals surface area contributed by atoms with E-state index in [1.165, 1.54) is 12.1 Å². The molecule has 28 heavy (non-hydrogen) atoms. The fraction of sp³-hybridized carbons (Fsp3) is 0.316. The van der Waals surface area contributed by atoms with Gasteiger partial charge in [0.05, 0.1) is 18.1 Å². The first kappa shape index (κ1) is 20.8. The molecule has 1 aliphatic rings. The van der Waals surface area contributed by atoms with E-state index in [1.54, 1.807) is 12.1 Å². The summed E-state index contributed by atoms with van der Waals surface area (Å²) >= 11 is 3.27. The van der Waals surface area contributed by atoms with Crippen molar-refractivity contribution in [2.45, 2.75) is 11.3 Å². The number of carbonyl (C=O) groups excluding carboxylic acids is 1. The average Bonchev–Trinajstić information content (AvgIpc) is 2.69. The summed E-state index contributed by atoms with van der Waals surface area (Å²) in [6.45, 7) is 3.16. The Bertz CT molecular complexity index is 896. The Labute approximate surface area is 173 Å². The van der Waals surface area contributed by atoms with Gasteiger partial charge < -0.3 is 15.0 Å². The zero-order valence-electron chi connectivity index (χ0n) is 15.2. The molecule has 1 fully saturated rings. The van der Waals surface area contributed by atoms with Crippen LogP contribution in [0, 0.1) is 0 Å². The molecule has 150 valence electrons. The number of hydrogen-bond donors (Lipinski definition) is 2. The second-order valence-electron chi connectivity index (χ2n) is 6.30. The molecular formula is C19H22BrN3O4S. The minimum absolute atomic E-state index is 0.0239. The van der Waals surface area contributed by atoms with Crippen LogP contribution in [0.15, 0.2) is 57.9 Å². The number of halogens is 1. The lowest BCUT2D eigenvalue weighted by molar-refractivity contribution is -0.116. The fourth-order valence-corrected chi connectivity index (χ4v) is 4.09. The molecule has 0 atom stereocenters. The maximum absolute atomic E-state index is 12.2. The predicted octanol–water partition coefficient (Wildman–Crippen LogP) is 2.59. The van der Waals surface area contributed by atoms with Crippen molar-refractivity contribution >= 4 is 43.2 Å². The molecule has 1 heterocycles. The maximum atomic E-state index is 12.2. The van der Waals surface area contributed by atoms with Crippen LogP contribution in [0.4, 0.5) is 11.4 Å². The highest BCUT2D eigenvalue weighted by Crippen LogP contribution is 2.19. The van der Waals surface area contributed by atoms with E-state index in [2.05, 4.69) is 30.9 Å². The molecule has 1 saturated heterocycles. The lowest BCUT2D eigenvalue weighted by atomic mass is 10.2. The molecule has 0 aromatic heterocycles. The molecule has 2 N–H and O–H groups in total. The predicted molar refractivity (Wildman–Crippen MR) is 112 cm³/mol. The molecule has 1 amide bonds. The molecule has 3 rings (SSSR count). The van der Waals surface area contributed by atoms with Crippen molar-refractivity contribution in [2.24, 2.45) is 0 Å². The van der Waals surface area contributed by atoms with E-state index in [9.17, 15) is 13.2 Å². The van der Waals surface area contributed by atoms with Gasteiger partial charge in [-0.25, -0.2) is 13.1 Å². The van der Waals surface area contributed by atoms with Crippen LogP contribution in [0.2, 0.25) is 0 Å². The number of sulfonamides is 1. The van der Waals surface area contributed by atoms with E-state index in [0.29, 0.717) is 18.9 Å². The monoisotopic (exact) mass is 467 g/mol. The van der Waals surface area contributed by atoms with E-state index in [0.717, 1.165) is 23.2 Å². The second kappa shape index (κ2) is 9.51. The van der Waals surface area contributed by atoms with Crippen LogP contribution < -0.4 is 14.9 Å². The largest absolute Gasteiger partial charge is 0.378 e. The molecule has 9 heteroatoms. The van der Waals surface area contributed by atoms with E-state index in [4.69, 9.17) is 4.74 Å². The van der Waals surface area contributed by atoms with Gasteiger partial charge in [-0.05, 0) is 48.5 Å². The lowest BCUT2D eigenvalue weighted by Gasteiger charge is -2.28. The first-order valence-corrected chi connectivity index (χ1v) is 11.2. The Balaban J connectivity index is 1.47. The third-order valence-electron chi connectivity index (χ3n) is 4.30. The number of benzene rings is 2. The zero-order valence-corrected chi connectivity index (χ0v) is 17.6. The fourth-order valence-electron chi connectivity index (χ4n) is 2.80. The van der Waals surface area contributed by atoms with Crippen molar-refractivity contribution in [1.82, 2.24) is 4.72 Å². The minimum Gasteiger partial charge on any atom is -0.378 e. The van der Waals surface area contributed by atoms with Crippen molar-refractivity contribution in [1.29, 1.82) is 0 Å². The molecule has 1 aliphatic heterocycles. The van der Waals surface area contributed by atoms with Crippen LogP contribution in [0.3, 0.4) is 0 Å². The molecule has 0 radical (unpaired) electrons. The van der Waals surface area contributed by atoms with E-state index in [1.807, 2.05) is 24.3 Å². The third-order valence-corrected chi connectivity index (χ3v) is 6.30. The van der Waals surface area contributed by atoms with Gasteiger partial charge in [-0.15, -0.1) is 0 Å². The van der Waals surface area contributed by atoms with Gasteiger partial charge in [-0.2, -0.15) is 0 Å². The molecular weight excluding hydrogens is 446 g/mol. The van der Waals surface area contributed by atoms with Crippen LogP contribution in [-0.4, -0.2) is 47.2 Å². The van der Waals surface area contributed by atoms with Gasteiger partial charge >= 0.3 is 0 Å². The molecule has 0 bridgehead atoms. The number of rotatable bonds is 7. The summed E-state index contributed by atoms with van der Waals surface area (Å²) in [5.41, 5.74) is 1.77. The number of nitrogens with zero attached hydrogens (tertiary/aromatic N) is 1. The normalized spacial score (nSPS) is 14.7. The van der Waals surface area contributed by atoms with Gasteiger partial charge in [0.2, 0.25) is 15.9 Å². The Kier molecular flexibility index (Phi) is 7.06. The number of carbonyl (C=O) groups is 1. The van der Waals surface area contributed by atoms with Crippen LogP contribution in [0.25, 0.3) is 0 Å². The smallest absolute Gasteiger partial charge is 0.240 e. The standard InChI is InChI=1S/C19H22BrN3O4S/c20-15-1-7-18(8-2-15)28(25,26)21-10-9-19(24)22-16-3-5-17(6-4-16)23-11-13-27-14-12-23/h1-8,21H,9-14H2,(H,22,24). The number of amides is 1. The molecule has 2 aromatic rings. The van der Waals surface area contributed by atoms with E-state index >= 15 is 0 Å². The van der Waals surface area contributed by atoms with Gasteiger partial charge in [-0.3, -0.25) is 4.79 Å². The first-order chi connectivity index (χ1) is 13.4. The van der Waals surface area contributed by atoms with Gasteiger partial charge in [0, 0.05) is 41.9 Å². The summed E-state index contributed by atoms with van der Waals surface area (Å²) in [6, 6.07) is 13.9. The van der Waals surface area contributed by atoms with E-state index < -0.39 is 10.0 Å². The summed E-state index contributed by atoms with van der Waals surface area (Å²) < 4.78 is 33.0. The summed E-state index contributed by atoms with van der Waals surface area (Å²) in [6.07, 6.45) is 0.0426. The topological polar surface area (TPSA) is 87.7 Å². The van der Waals surface area contributed by atoms with E-state index in [-0.39, 0.29) is 23.8 Å². The average molecular weight is 468 g/mol. The molecule has 0 saturated carbocycles. The van der Waals surface area contributed by atoms with Crippen molar-refractivity contribution in [2.75, 3.05) is 43.1 Å². The Hall–Kier alpha value is -1.94. The van der Waals surface area contributed by atoms with Crippen LogP contribution in [0.1, 0.15) is 6.42 Å². The SMILES string of the molecule is O=C(CCNS(=O)(=O)c1ccc(Br)cc1)Nc1ccc(N2CCOCC2)cc1. The number of nitrogens with one attached hydrogen (secondary N) is 2. The van der Waals surface area contributed by atoms with Crippen molar-refractivity contribution in [3.63, 3.8) is 0 Å².